The second-order valence-electron chi connectivity index (χ2n) is 6.58. The number of hydrogen-bond acceptors (Lipinski definition) is 4. The molecule has 4 nitrogen and oxygen atoms in total. The number of rotatable bonds is 4. The zero-order valence-electron chi connectivity index (χ0n) is 15.8. The van der Waals surface area contributed by atoms with Crippen molar-refractivity contribution < 1.29 is 22.0 Å². The molecule has 0 aliphatic heterocycles. The van der Waals surface area contributed by atoms with E-state index in [0.29, 0.717) is 17.3 Å². The number of aromatic nitrogens is 3. The van der Waals surface area contributed by atoms with E-state index in [2.05, 4.69) is 9.97 Å². The fourth-order valence-corrected chi connectivity index (χ4v) is 3.91. The number of pyridine rings is 1. The van der Waals surface area contributed by atoms with Crippen molar-refractivity contribution in [1.29, 1.82) is 0 Å². The van der Waals surface area contributed by atoms with E-state index in [4.69, 9.17) is 0 Å². The highest BCUT2D eigenvalue weighted by atomic mass is 32.2. The molecule has 4 aromatic rings. The summed E-state index contributed by atoms with van der Waals surface area (Å²) in [7, 11) is 0. The molecule has 0 spiro atoms. The first kappa shape index (κ1) is 21.0. The van der Waals surface area contributed by atoms with Gasteiger partial charge in [0, 0.05) is 17.5 Å². The number of benzene rings is 2. The Balaban J connectivity index is 1.86. The molecule has 31 heavy (non-hydrogen) atoms. The van der Waals surface area contributed by atoms with Crippen LogP contribution in [0.2, 0.25) is 0 Å². The van der Waals surface area contributed by atoms with Gasteiger partial charge in [0.15, 0.2) is 28.4 Å². The van der Waals surface area contributed by atoms with Gasteiger partial charge in [-0.25, -0.2) is 36.5 Å². The van der Waals surface area contributed by atoms with Crippen molar-refractivity contribution in [3.8, 4) is 5.82 Å². The van der Waals surface area contributed by atoms with Gasteiger partial charge in [0.2, 0.25) is 5.82 Å². The Morgan fingerprint density at radius 1 is 0.903 bits per heavy atom. The number of nitrogens with zero attached hydrogens (tertiary/aromatic N) is 3. The fourth-order valence-electron chi connectivity index (χ4n) is 2.92. The van der Waals surface area contributed by atoms with Crippen molar-refractivity contribution >= 4 is 22.7 Å². The standard InChI is InChI=1S/C21H12F5N3OS/c1-10-6-7-14(27-8-10)29-20(30)11-4-2-3-5-13(11)28-21(29)31-9-12-15(22)17(24)19(26)18(25)16(12)23/h2-8H,9H2,1H3. The second-order valence-corrected chi connectivity index (χ2v) is 7.53. The Bertz CT molecular complexity index is 1340. The van der Waals surface area contributed by atoms with Crippen LogP contribution in [0.5, 0.6) is 0 Å². The van der Waals surface area contributed by atoms with E-state index in [-0.39, 0.29) is 16.4 Å². The Labute approximate surface area is 176 Å². The van der Waals surface area contributed by atoms with Crippen molar-refractivity contribution in [2.24, 2.45) is 0 Å². The Hall–Kier alpha value is -3.27. The number of aryl methyl sites for hydroxylation is 1. The van der Waals surface area contributed by atoms with Crippen LogP contribution in [0.1, 0.15) is 11.1 Å². The number of hydrogen-bond donors (Lipinski definition) is 0. The van der Waals surface area contributed by atoms with E-state index >= 15 is 0 Å². The molecule has 0 saturated carbocycles. The van der Waals surface area contributed by atoms with E-state index in [1.807, 2.05) is 0 Å². The zero-order chi connectivity index (χ0) is 22.3. The van der Waals surface area contributed by atoms with Crippen molar-refractivity contribution in [3.63, 3.8) is 0 Å². The van der Waals surface area contributed by atoms with Crippen molar-refractivity contribution in [2.45, 2.75) is 17.8 Å². The van der Waals surface area contributed by atoms with Crippen LogP contribution in [0.3, 0.4) is 0 Å². The summed E-state index contributed by atoms with van der Waals surface area (Å²) in [5.41, 5.74) is -0.342. The summed E-state index contributed by atoms with van der Waals surface area (Å²) in [5, 5.41) is 0.273. The minimum atomic E-state index is -2.23. The third-order valence-corrected chi connectivity index (χ3v) is 5.48. The summed E-state index contributed by atoms with van der Waals surface area (Å²) in [6.07, 6.45) is 1.52. The predicted molar refractivity (Wildman–Crippen MR) is 106 cm³/mol. The van der Waals surface area contributed by atoms with Gasteiger partial charge in [-0.2, -0.15) is 0 Å². The number of para-hydroxylation sites is 1. The molecule has 10 heteroatoms. The van der Waals surface area contributed by atoms with E-state index < -0.39 is 46.0 Å². The minimum absolute atomic E-state index is 0.0102. The lowest BCUT2D eigenvalue weighted by Crippen LogP contribution is -2.22. The molecule has 0 bridgehead atoms. The first-order chi connectivity index (χ1) is 14.8. The Morgan fingerprint density at radius 3 is 2.19 bits per heavy atom. The summed E-state index contributed by atoms with van der Waals surface area (Å²) in [4.78, 5) is 21.6. The van der Waals surface area contributed by atoms with Crippen LogP contribution in [0.4, 0.5) is 22.0 Å². The lowest BCUT2D eigenvalue weighted by atomic mass is 10.2. The molecule has 0 aliphatic rings. The molecule has 0 fully saturated rings. The number of thioether (sulfide) groups is 1. The van der Waals surface area contributed by atoms with Gasteiger partial charge in [-0.05, 0) is 30.7 Å². The summed E-state index contributed by atoms with van der Waals surface area (Å²) in [6.45, 7) is 1.80. The van der Waals surface area contributed by atoms with Gasteiger partial charge in [-0.1, -0.05) is 30.0 Å². The lowest BCUT2D eigenvalue weighted by Gasteiger charge is -2.13. The summed E-state index contributed by atoms with van der Waals surface area (Å²) >= 11 is 0.656. The molecule has 0 N–H and O–H groups in total. The predicted octanol–water partition coefficient (Wildman–Crippen LogP) is 5.08. The van der Waals surface area contributed by atoms with Crippen LogP contribution in [0.25, 0.3) is 16.7 Å². The molecular formula is C21H12F5N3OS. The molecule has 0 saturated heterocycles. The molecule has 0 aliphatic carbocycles. The highest BCUT2D eigenvalue weighted by Gasteiger charge is 2.26. The normalized spacial score (nSPS) is 11.3. The number of halogens is 5. The maximum absolute atomic E-state index is 14.1. The highest BCUT2D eigenvalue weighted by molar-refractivity contribution is 7.98. The molecule has 0 unspecified atom stereocenters. The van der Waals surface area contributed by atoms with Crippen molar-refractivity contribution in [3.05, 3.63) is 93.2 Å². The molecule has 0 radical (unpaired) electrons. The average molecular weight is 449 g/mol. The highest BCUT2D eigenvalue weighted by Crippen LogP contribution is 2.30. The van der Waals surface area contributed by atoms with Gasteiger partial charge in [-0.15, -0.1) is 0 Å². The molecular weight excluding hydrogens is 437 g/mol. The van der Waals surface area contributed by atoms with Gasteiger partial charge in [0.1, 0.15) is 5.82 Å². The van der Waals surface area contributed by atoms with Crippen molar-refractivity contribution in [1.82, 2.24) is 14.5 Å². The minimum Gasteiger partial charge on any atom is -0.268 e. The van der Waals surface area contributed by atoms with Crippen LogP contribution in [-0.4, -0.2) is 14.5 Å². The third kappa shape index (κ3) is 3.67. The van der Waals surface area contributed by atoms with E-state index in [0.717, 1.165) is 10.1 Å². The smallest absolute Gasteiger partial charge is 0.267 e. The monoisotopic (exact) mass is 449 g/mol. The van der Waals surface area contributed by atoms with Gasteiger partial charge in [-0.3, -0.25) is 4.79 Å². The molecule has 2 aromatic heterocycles. The maximum Gasteiger partial charge on any atom is 0.267 e. The first-order valence-corrected chi connectivity index (χ1v) is 9.86. The summed E-state index contributed by atoms with van der Waals surface area (Å²) in [5.74, 6) is -10.6. The van der Waals surface area contributed by atoms with E-state index in [1.54, 1.807) is 43.3 Å². The molecule has 158 valence electrons. The van der Waals surface area contributed by atoms with E-state index in [9.17, 15) is 26.7 Å². The third-order valence-electron chi connectivity index (χ3n) is 4.52. The molecule has 0 amide bonds. The van der Waals surface area contributed by atoms with Crippen LogP contribution in [-0.2, 0) is 5.75 Å². The largest absolute Gasteiger partial charge is 0.268 e. The summed E-state index contributed by atoms with van der Waals surface area (Å²) in [6, 6.07) is 9.72. The molecule has 2 heterocycles. The van der Waals surface area contributed by atoms with Crippen molar-refractivity contribution in [2.75, 3.05) is 0 Å². The lowest BCUT2D eigenvalue weighted by molar-refractivity contribution is 0.372. The van der Waals surface area contributed by atoms with Crippen LogP contribution < -0.4 is 5.56 Å². The SMILES string of the molecule is Cc1ccc(-n2c(SCc3c(F)c(F)c(F)c(F)c3F)nc3ccccc3c2=O)nc1. The number of fused-ring (bicyclic) bond motifs is 1. The van der Waals surface area contributed by atoms with Crippen LogP contribution in [0.15, 0.2) is 52.5 Å². The second kappa shape index (κ2) is 8.10. The molecule has 4 rings (SSSR count). The maximum atomic E-state index is 14.1. The Morgan fingerprint density at radius 2 is 1.55 bits per heavy atom. The zero-order valence-corrected chi connectivity index (χ0v) is 16.6. The van der Waals surface area contributed by atoms with Gasteiger partial charge < -0.3 is 0 Å². The van der Waals surface area contributed by atoms with Gasteiger partial charge in [0.25, 0.3) is 5.56 Å². The van der Waals surface area contributed by atoms with Gasteiger partial charge in [0.05, 0.1) is 10.9 Å². The molecule has 2 aromatic carbocycles. The summed E-state index contributed by atoms with van der Waals surface area (Å²) < 4.78 is 69.6. The average Bonchev–Trinajstić information content (AvgIpc) is 2.77. The quantitative estimate of drug-likeness (QED) is 0.143. The first-order valence-electron chi connectivity index (χ1n) is 8.87. The topological polar surface area (TPSA) is 47.8 Å². The Kier molecular flexibility index (Phi) is 5.48. The van der Waals surface area contributed by atoms with Gasteiger partial charge >= 0.3 is 0 Å². The molecule has 0 atom stereocenters. The van der Waals surface area contributed by atoms with E-state index in [1.165, 1.54) is 6.20 Å². The van der Waals surface area contributed by atoms with Crippen LogP contribution in [0, 0.1) is 36.0 Å². The fraction of sp³-hybridized carbons (Fsp3) is 0.0952. The van der Waals surface area contributed by atoms with Crippen LogP contribution >= 0.6 is 11.8 Å².